The molecule has 4 aromatic rings. The highest BCUT2D eigenvalue weighted by molar-refractivity contribution is 7.93. The average molecular weight is 512 g/mol. The van der Waals surface area contributed by atoms with Gasteiger partial charge in [-0.05, 0) is 37.9 Å². The zero-order valence-corrected chi connectivity index (χ0v) is 20.4. The Kier molecular flexibility index (Phi) is 6.88. The van der Waals surface area contributed by atoms with Gasteiger partial charge in [0.15, 0.2) is 11.4 Å². The van der Waals surface area contributed by atoms with Crippen molar-refractivity contribution in [3.05, 3.63) is 70.2 Å². The van der Waals surface area contributed by atoms with Crippen LogP contribution in [0.4, 0.5) is 9.52 Å². The molecule has 180 valence electrons. The molecule has 0 radical (unpaired) electrons. The van der Waals surface area contributed by atoms with Crippen LogP contribution in [0.2, 0.25) is 0 Å². The summed E-state index contributed by atoms with van der Waals surface area (Å²) in [5, 5.41) is 3.72. The molecular formula is C24H22FN5O3S2. The second-order valence-electron chi connectivity index (χ2n) is 8.17. The topological polar surface area (TPSA) is 108 Å². The highest BCUT2D eigenvalue weighted by Crippen LogP contribution is 2.29. The summed E-state index contributed by atoms with van der Waals surface area (Å²) in [6.45, 7) is 2.87. The number of nitrogens with one attached hydrogen (secondary N) is 2. The quantitative estimate of drug-likeness (QED) is 0.299. The molecule has 3 heterocycles. The van der Waals surface area contributed by atoms with Crippen LogP contribution >= 0.6 is 11.5 Å². The lowest BCUT2D eigenvalue weighted by atomic mass is 10.0. The predicted molar refractivity (Wildman–Crippen MR) is 133 cm³/mol. The number of fused-ring (bicyclic) bond motifs is 1. The van der Waals surface area contributed by atoms with Crippen molar-refractivity contribution in [2.75, 3.05) is 11.3 Å². The first-order valence-electron chi connectivity index (χ1n) is 11.1. The van der Waals surface area contributed by atoms with Crippen LogP contribution in [0, 0.1) is 17.7 Å². The monoisotopic (exact) mass is 511 g/mol. The van der Waals surface area contributed by atoms with Crippen molar-refractivity contribution in [2.24, 2.45) is 0 Å². The Bertz CT molecular complexity index is 1450. The zero-order chi connectivity index (χ0) is 24.4. The Hall–Kier alpha value is -3.17. The Morgan fingerprint density at radius 1 is 1.43 bits per heavy atom. The molecule has 11 heteroatoms. The predicted octanol–water partition coefficient (Wildman–Crippen LogP) is 3.82. The summed E-state index contributed by atoms with van der Waals surface area (Å²) < 4.78 is 40.8. The number of aromatic nitrogens is 3. The summed E-state index contributed by atoms with van der Waals surface area (Å²) in [6, 6.07) is 9.99. The van der Waals surface area contributed by atoms with E-state index in [2.05, 4.69) is 31.2 Å². The normalized spacial score (nSPS) is 17.2. The van der Waals surface area contributed by atoms with Crippen LogP contribution in [0.1, 0.15) is 43.4 Å². The molecule has 0 spiro atoms. The summed E-state index contributed by atoms with van der Waals surface area (Å²) in [5.41, 5.74) is 2.05. The summed E-state index contributed by atoms with van der Waals surface area (Å²) in [4.78, 5) is 16.6. The highest BCUT2D eigenvalue weighted by atomic mass is 32.2. The van der Waals surface area contributed by atoms with Crippen LogP contribution in [0.25, 0.3) is 11.1 Å². The SMILES string of the molecule is C[C@H](c1ccccc1C#CCC1CCCN1)n1c(=O)oc2cc([S+]([O-])Nc3ncns3)c(F)cc21. The third kappa shape index (κ3) is 4.97. The van der Waals surface area contributed by atoms with E-state index in [4.69, 9.17) is 4.42 Å². The Morgan fingerprint density at radius 2 is 2.29 bits per heavy atom. The van der Waals surface area contributed by atoms with Crippen LogP contribution in [0.15, 0.2) is 56.8 Å². The fourth-order valence-electron chi connectivity index (χ4n) is 4.21. The van der Waals surface area contributed by atoms with E-state index in [1.807, 2.05) is 31.2 Å². The van der Waals surface area contributed by atoms with Crippen molar-refractivity contribution in [2.45, 2.75) is 43.2 Å². The number of anilines is 1. The second kappa shape index (κ2) is 10.2. The van der Waals surface area contributed by atoms with E-state index >= 15 is 0 Å². The largest absolute Gasteiger partial charge is 0.588 e. The van der Waals surface area contributed by atoms with E-state index in [1.165, 1.54) is 29.4 Å². The molecule has 2 unspecified atom stereocenters. The molecular weight excluding hydrogens is 489 g/mol. The van der Waals surface area contributed by atoms with E-state index < -0.39 is 29.0 Å². The zero-order valence-electron chi connectivity index (χ0n) is 18.8. The van der Waals surface area contributed by atoms with Crippen molar-refractivity contribution in [3.8, 4) is 11.8 Å². The molecule has 0 amide bonds. The second-order valence-corrected chi connectivity index (χ2v) is 10.1. The van der Waals surface area contributed by atoms with Gasteiger partial charge in [0.25, 0.3) is 0 Å². The highest BCUT2D eigenvalue weighted by Gasteiger charge is 2.25. The number of halogens is 1. The number of oxazole rings is 1. The molecule has 2 N–H and O–H groups in total. The molecule has 35 heavy (non-hydrogen) atoms. The molecule has 1 saturated heterocycles. The molecule has 0 saturated carbocycles. The molecule has 1 fully saturated rings. The first-order valence-corrected chi connectivity index (χ1v) is 13.0. The molecule has 8 nitrogen and oxygen atoms in total. The molecule has 0 aliphatic carbocycles. The first kappa shape index (κ1) is 23.6. The van der Waals surface area contributed by atoms with Gasteiger partial charge >= 0.3 is 5.76 Å². The number of nitrogens with zero attached hydrogens (tertiary/aromatic N) is 3. The maximum Gasteiger partial charge on any atom is 0.420 e. The summed E-state index contributed by atoms with van der Waals surface area (Å²) in [6.07, 6.45) is 4.35. The van der Waals surface area contributed by atoms with Crippen LogP contribution < -0.4 is 15.8 Å². The smallest absolute Gasteiger partial charge is 0.420 e. The molecule has 1 aliphatic rings. The van der Waals surface area contributed by atoms with E-state index in [0.717, 1.165) is 42.0 Å². The van der Waals surface area contributed by atoms with Gasteiger partial charge in [0.1, 0.15) is 17.7 Å². The third-order valence-corrected chi connectivity index (χ3v) is 7.74. The maximum absolute atomic E-state index is 15.0. The minimum atomic E-state index is -1.95. The van der Waals surface area contributed by atoms with Gasteiger partial charge < -0.3 is 14.3 Å². The van der Waals surface area contributed by atoms with Crippen LogP contribution in [0.3, 0.4) is 0 Å². The first-order chi connectivity index (χ1) is 17.0. The lowest BCUT2D eigenvalue weighted by molar-refractivity contribution is 0.489. The van der Waals surface area contributed by atoms with Crippen molar-refractivity contribution in [1.82, 2.24) is 19.2 Å². The lowest BCUT2D eigenvalue weighted by Gasteiger charge is -2.15. The van der Waals surface area contributed by atoms with E-state index in [-0.39, 0.29) is 21.1 Å². The minimum absolute atomic E-state index is 0.140. The van der Waals surface area contributed by atoms with Crippen molar-refractivity contribution in [3.63, 3.8) is 0 Å². The minimum Gasteiger partial charge on any atom is -0.588 e. The van der Waals surface area contributed by atoms with Crippen LogP contribution in [-0.4, -0.2) is 31.1 Å². The Labute approximate surface area is 208 Å². The molecule has 1 aliphatic heterocycles. The van der Waals surface area contributed by atoms with Gasteiger partial charge in [-0.1, -0.05) is 30.0 Å². The van der Waals surface area contributed by atoms with E-state index in [9.17, 15) is 13.7 Å². The molecule has 5 rings (SSSR count). The lowest BCUT2D eigenvalue weighted by Crippen LogP contribution is -2.20. The average Bonchev–Trinajstić information content (AvgIpc) is 3.60. The van der Waals surface area contributed by atoms with Crippen LogP contribution in [0.5, 0.6) is 0 Å². The van der Waals surface area contributed by atoms with Gasteiger partial charge in [-0.15, -0.1) is 0 Å². The summed E-state index contributed by atoms with van der Waals surface area (Å²) in [5.74, 6) is 5.12. The molecule has 2 aromatic heterocycles. The maximum atomic E-state index is 15.0. The van der Waals surface area contributed by atoms with Crippen molar-refractivity contribution in [1.29, 1.82) is 0 Å². The fourth-order valence-corrected chi connectivity index (χ4v) is 5.65. The molecule has 2 aromatic carbocycles. The van der Waals surface area contributed by atoms with Gasteiger partial charge in [-0.25, -0.2) is 14.2 Å². The van der Waals surface area contributed by atoms with E-state index in [0.29, 0.717) is 6.04 Å². The van der Waals surface area contributed by atoms with Gasteiger partial charge in [0.2, 0.25) is 10.0 Å². The number of hydrogen-bond acceptors (Lipinski definition) is 8. The van der Waals surface area contributed by atoms with Crippen molar-refractivity contribution >= 4 is 39.1 Å². The van der Waals surface area contributed by atoms with Crippen molar-refractivity contribution < 1.29 is 13.4 Å². The van der Waals surface area contributed by atoms with Crippen LogP contribution in [-0.2, 0) is 11.4 Å². The van der Waals surface area contributed by atoms with Gasteiger partial charge in [-0.2, -0.15) is 9.10 Å². The molecule has 3 atom stereocenters. The Morgan fingerprint density at radius 3 is 3.06 bits per heavy atom. The van der Waals surface area contributed by atoms with Gasteiger partial charge in [0.05, 0.1) is 11.6 Å². The third-order valence-electron chi connectivity index (χ3n) is 5.94. The number of rotatable bonds is 6. The number of benzene rings is 2. The molecule has 0 bridgehead atoms. The van der Waals surface area contributed by atoms with Gasteiger partial charge in [-0.3, -0.25) is 4.57 Å². The Balaban J connectivity index is 1.46. The summed E-state index contributed by atoms with van der Waals surface area (Å²) in [7, 11) is 0. The van der Waals surface area contributed by atoms with Gasteiger partial charge in [0, 0.05) is 41.7 Å². The number of hydrogen-bond donors (Lipinski definition) is 2. The fraction of sp³-hybridized carbons (Fsp3) is 0.292. The van der Waals surface area contributed by atoms with E-state index in [1.54, 1.807) is 0 Å². The summed E-state index contributed by atoms with van der Waals surface area (Å²) >= 11 is -0.947. The standard InChI is InChI=1S/C24H22FN5O3S2/c1-15(18-10-3-2-6-16(18)7-4-8-17-9-5-11-26-17)30-20-12-19(25)22(13-21(20)33-24(30)31)35(32)29-23-27-14-28-34-23/h2-3,6,10,12-15,17,26H,5,8-9,11H2,1H3,(H,27,28,29)/t15-,17?,35?/m1/s1.